The SMILES string of the molecule is Cc1c(C)c2c(c(C)c1O)CC[C@@H](CCC[C@H](C)CCC[C@H](C)CCCC(C)C)O2. The molecule has 3 atom stereocenters. The van der Waals surface area contributed by atoms with Crippen LogP contribution in [0.4, 0.5) is 0 Å². The first-order valence-corrected chi connectivity index (χ1v) is 12.7. The van der Waals surface area contributed by atoms with Gasteiger partial charge in [0, 0.05) is 5.56 Å². The largest absolute Gasteiger partial charge is 0.507 e. The number of aromatic hydroxyl groups is 1. The predicted octanol–water partition coefficient (Wildman–Crippen LogP) is 8.45. The van der Waals surface area contributed by atoms with Gasteiger partial charge in [-0.3, -0.25) is 0 Å². The van der Waals surface area contributed by atoms with Crippen molar-refractivity contribution in [1.82, 2.24) is 0 Å². The van der Waals surface area contributed by atoms with Crippen molar-refractivity contribution in [1.29, 1.82) is 0 Å². The number of phenols is 1. The van der Waals surface area contributed by atoms with E-state index < -0.39 is 0 Å². The maximum absolute atomic E-state index is 10.3. The topological polar surface area (TPSA) is 29.5 Å². The lowest BCUT2D eigenvalue weighted by molar-refractivity contribution is 0.156. The van der Waals surface area contributed by atoms with E-state index in [1.807, 2.05) is 13.8 Å². The molecule has 0 radical (unpaired) electrons. The predicted molar refractivity (Wildman–Crippen MR) is 130 cm³/mol. The second-order valence-electron chi connectivity index (χ2n) is 10.7. The average Bonchev–Trinajstić information content (AvgIpc) is 2.70. The van der Waals surface area contributed by atoms with Gasteiger partial charge in [-0.15, -0.1) is 0 Å². The lowest BCUT2D eigenvalue weighted by Gasteiger charge is -2.30. The average molecular weight is 417 g/mol. The van der Waals surface area contributed by atoms with Crippen molar-refractivity contribution in [2.75, 3.05) is 0 Å². The van der Waals surface area contributed by atoms with Crippen molar-refractivity contribution >= 4 is 0 Å². The molecule has 0 bridgehead atoms. The molecule has 0 fully saturated rings. The zero-order valence-corrected chi connectivity index (χ0v) is 20.9. The number of hydrogen-bond acceptors (Lipinski definition) is 2. The molecule has 1 heterocycles. The molecule has 30 heavy (non-hydrogen) atoms. The highest BCUT2D eigenvalue weighted by molar-refractivity contribution is 5.58. The Balaban J connectivity index is 1.67. The molecule has 0 aliphatic carbocycles. The Labute approximate surface area is 186 Å². The first-order chi connectivity index (χ1) is 14.2. The molecule has 1 aliphatic heterocycles. The van der Waals surface area contributed by atoms with Crippen molar-refractivity contribution in [3.63, 3.8) is 0 Å². The number of benzene rings is 1. The standard InChI is InChI=1S/C28H48O2/c1-19(2)11-8-12-20(3)13-9-14-21(4)15-10-16-25-17-18-26-24(7)27(29)22(5)23(6)28(26)30-25/h19-21,25,29H,8-18H2,1-7H3/t20-,21-,25-/m1/s1. The maximum Gasteiger partial charge on any atom is 0.126 e. The van der Waals surface area contributed by atoms with Crippen LogP contribution < -0.4 is 4.74 Å². The number of phenolic OH excluding ortho intramolecular Hbond substituents is 1. The molecule has 1 N–H and O–H groups in total. The van der Waals surface area contributed by atoms with Crippen LogP contribution in [0.15, 0.2) is 0 Å². The Morgan fingerprint density at radius 1 is 0.800 bits per heavy atom. The van der Waals surface area contributed by atoms with Crippen LogP contribution in [-0.4, -0.2) is 11.2 Å². The highest BCUT2D eigenvalue weighted by Gasteiger charge is 2.25. The van der Waals surface area contributed by atoms with E-state index in [1.54, 1.807) is 0 Å². The molecule has 2 rings (SSSR count). The van der Waals surface area contributed by atoms with Crippen LogP contribution in [0.2, 0.25) is 0 Å². The Kier molecular flexibility index (Phi) is 10.0. The summed E-state index contributed by atoms with van der Waals surface area (Å²) < 4.78 is 6.42. The molecule has 2 heteroatoms. The molecule has 0 amide bonds. The van der Waals surface area contributed by atoms with Crippen LogP contribution in [0.3, 0.4) is 0 Å². The van der Waals surface area contributed by atoms with Gasteiger partial charge in [0.2, 0.25) is 0 Å². The molecule has 1 aromatic rings. The minimum Gasteiger partial charge on any atom is -0.507 e. The van der Waals surface area contributed by atoms with Gasteiger partial charge < -0.3 is 9.84 Å². The van der Waals surface area contributed by atoms with E-state index in [0.717, 1.165) is 59.5 Å². The van der Waals surface area contributed by atoms with Gasteiger partial charge in [-0.05, 0) is 80.9 Å². The third-order valence-corrected chi connectivity index (χ3v) is 7.44. The van der Waals surface area contributed by atoms with Crippen LogP contribution in [0.25, 0.3) is 0 Å². The van der Waals surface area contributed by atoms with Crippen LogP contribution >= 0.6 is 0 Å². The van der Waals surface area contributed by atoms with Gasteiger partial charge >= 0.3 is 0 Å². The Hall–Kier alpha value is -1.18. The quantitative estimate of drug-likeness (QED) is 0.370. The number of fused-ring (bicyclic) bond motifs is 1. The minimum absolute atomic E-state index is 0.340. The van der Waals surface area contributed by atoms with Crippen LogP contribution in [0.5, 0.6) is 11.5 Å². The molecular formula is C28H48O2. The van der Waals surface area contributed by atoms with E-state index in [4.69, 9.17) is 4.74 Å². The summed E-state index contributed by atoms with van der Waals surface area (Å²) in [6, 6.07) is 0. The second-order valence-corrected chi connectivity index (χ2v) is 10.7. The molecular weight excluding hydrogens is 368 g/mol. The van der Waals surface area contributed by atoms with Gasteiger partial charge in [-0.25, -0.2) is 0 Å². The fourth-order valence-corrected chi connectivity index (χ4v) is 5.04. The normalized spacial score (nSPS) is 18.2. The second kappa shape index (κ2) is 12.0. The smallest absolute Gasteiger partial charge is 0.126 e. The van der Waals surface area contributed by atoms with Crippen LogP contribution in [0, 0.1) is 38.5 Å². The molecule has 0 saturated carbocycles. The molecule has 0 saturated heterocycles. The monoisotopic (exact) mass is 416 g/mol. The zero-order valence-electron chi connectivity index (χ0n) is 20.9. The number of hydrogen-bond donors (Lipinski definition) is 1. The fourth-order valence-electron chi connectivity index (χ4n) is 5.04. The van der Waals surface area contributed by atoms with Gasteiger partial charge in [0.05, 0.1) is 6.10 Å². The van der Waals surface area contributed by atoms with Crippen molar-refractivity contribution in [2.24, 2.45) is 17.8 Å². The van der Waals surface area contributed by atoms with Gasteiger partial charge in [0.1, 0.15) is 11.5 Å². The summed E-state index contributed by atoms with van der Waals surface area (Å²) in [5.74, 6) is 4.08. The maximum atomic E-state index is 10.3. The molecule has 1 aromatic carbocycles. The summed E-state index contributed by atoms with van der Waals surface area (Å²) in [6.45, 7) is 15.6. The lowest BCUT2D eigenvalue weighted by Crippen LogP contribution is -2.24. The molecule has 0 unspecified atom stereocenters. The van der Waals surface area contributed by atoms with Gasteiger partial charge in [0.15, 0.2) is 0 Å². The molecule has 0 aromatic heterocycles. The first kappa shape index (κ1) is 25.1. The first-order valence-electron chi connectivity index (χ1n) is 12.7. The van der Waals surface area contributed by atoms with Gasteiger partial charge in [0.25, 0.3) is 0 Å². The van der Waals surface area contributed by atoms with Gasteiger partial charge in [-0.2, -0.15) is 0 Å². The fraction of sp³-hybridized carbons (Fsp3) is 0.786. The highest BCUT2D eigenvalue weighted by atomic mass is 16.5. The summed E-state index contributed by atoms with van der Waals surface area (Å²) in [7, 11) is 0. The number of rotatable bonds is 12. The van der Waals surface area contributed by atoms with Crippen molar-refractivity contribution < 1.29 is 9.84 Å². The summed E-state index contributed by atoms with van der Waals surface area (Å²) in [6.07, 6.45) is 14.5. The van der Waals surface area contributed by atoms with Crippen LogP contribution in [0.1, 0.15) is 114 Å². The van der Waals surface area contributed by atoms with Crippen molar-refractivity contribution in [3.8, 4) is 11.5 Å². The number of ether oxygens (including phenoxy) is 1. The van der Waals surface area contributed by atoms with E-state index in [0.29, 0.717) is 11.9 Å². The van der Waals surface area contributed by atoms with E-state index in [2.05, 4.69) is 34.6 Å². The third kappa shape index (κ3) is 7.20. The Bertz CT molecular complexity index is 661. The lowest BCUT2D eigenvalue weighted by atomic mass is 9.89. The summed E-state index contributed by atoms with van der Waals surface area (Å²) in [4.78, 5) is 0. The molecule has 172 valence electrons. The minimum atomic E-state index is 0.340. The van der Waals surface area contributed by atoms with E-state index in [-0.39, 0.29) is 0 Å². The third-order valence-electron chi connectivity index (χ3n) is 7.44. The van der Waals surface area contributed by atoms with Crippen molar-refractivity contribution in [3.05, 3.63) is 22.3 Å². The van der Waals surface area contributed by atoms with Gasteiger partial charge in [-0.1, -0.05) is 72.6 Å². The molecule has 1 aliphatic rings. The molecule has 0 spiro atoms. The summed E-state index contributed by atoms with van der Waals surface area (Å²) in [5.41, 5.74) is 4.33. The highest BCUT2D eigenvalue weighted by Crippen LogP contribution is 2.41. The van der Waals surface area contributed by atoms with E-state index in [1.165, 1.54) is 56.9 Å². The summed E-state index contributed by atoms with van der Waals surface area (Å²) >= 11 is 0. The van der Waals surface area contributed by atoms with Crippen LogP contribution in [-0.2, 0) is 6.42 Å². The summed E-state index contributed by atoms with van der Waals surface area (Å²) in [5, 5.41) is 10.3. The Morgan fingerprint density at radius 3 is 1.97 bits per heavy atom. The van der Waals surface area contributed by atoms with E-state index >= 15 is 0 Å². The molecule has 2 nitrogen and oxygen atoms in total. The van der Waals surface area contributed by atoms with E-state index in [9.17, 15) is 5.11 Å². The Morgan fingerprint density at radius 2 is 1.37 bits per heavy atom. The van der Waals surface area contributed by atoms with Crippen molar-refractivity contribution in [2.45, 2.75) is 125 Å². The zero-order chi connectivity index (χ0) is 22.3.